The number of benzene rings is 1. The summed E-state index contributed by atoms with van der Waals surface area (Å²) < 4.78 is 0. The van der Waals surface area contributed by atoms with Crippen molar-refractivity contribution in [2.75, 3.05) is 11.4 Å². The standard InChI is InChI=1S/C16H23N3O2/c1-4-11(2)18-16(21)17-10-13-5-6-15-14(9-13)7-8-19(15)12(3)20/h5-6,9,11H,4,7-8,10H2,1-3H3,(H2,17,18,21)/t11-/m1/s1. The Bertz CT molecular complexity index is 542. The monoisotopic (exact) mass is 289 g/mol. The van der Waals surface area contributed by atoms with E-state index in [4.69, 9.17) is 0 Å². The van der Waals surface area contributed by atoms with E-state index in [0.29, 0.717) is 6.54 Å². The van der Waals surface area contributed by atoms with Gasteiger partial charge in [0.1, 0.15) is 0 Å². The minimum Gasteiger partial charge on any atom is -0.336 e. The molecule has 1 aromatic carbocycles. The molecule has 2 N–H and O–H groups in total. The lowest BCUT2D eigenvalue weighted by atomic mass is 10.1. The summed E-state index contributed by atoms with van der Waals surface area (Å²) in [6, 6.07) is 6.03. The van der Waals surface area contributed by atoms with Crippen molar-refractivity contribution in [1.29, 1.82) is 0 Å². The second-order valence-electron chi connectivity index (χ2n) is 5.52. The van der Waals surface area contributed by atoms with Crippen LogP contribution in [0.1, 0.15) is 38.3 Å². The first-order valence-corrected chi connectivity index (χ1v) is 7.45. The molecule has 5 nitrogen and oxygen atoms in total. The SMILES string of the molecule is CC[C@@H](C)NC(=O)NCc1ccc2c(c1)CCN2C(C)=O. The topological polar surface area (TPSA) is 61.4 Å². The van der Waals surface area contributed by atoms with Crippen LogP contribution in [-0.4, -0.2) is 24.5 Å². The second-order valence-corrected chi connectivity index (χ2v) is 5.52. The molecule has 0 radical (unpaired) electrons. The number of carbonyl (C=O) groups excluding carboxylic acids is 2. The number of urea groups is 1. The Balaban J connectivity index is 1.95. The lowest BCUT2D eigenvalue weighted by Gasteiger charge is -2.15. The highest BCUT2D eigenvalue weighted by molar-refractivity contribution is 5.93. The van der Waals surface area contributed by atoms with Gasteiger partial charge in [-0.3, -0.25) is 4.79 Å². The smallest absolute Gasteiger partial charge is 0.315 e. The van der Waals surface area contributed by atoms with E-state index in [9.17, 15) is 9.59 Å². The van der Waals surface area contributed by atoms with Gasteiger partial charge in [-0.05, 0) is 37.0 Å². The molecule has 0 fully saturated rings. The van der Waals surface area contributed by atoms with Crippen LogP contribution in [-0.2, 0) is 17.8 Å². The summed E-state index contributed by atoms with van der Waals surface area (Å²) in [5.41, 5.74) is 3.22. The summed E-state index contributed by atoms with van der Waals surface area (Å²) in [4.78, 5) is 25.0. The Kier molecular flexibility index (Phi) is 4.83. The number of nitrogens with zero attached hydrogens (tertiary/aromatic N) is 1. The molecule has 0 spiro atoms. The third-order valence-corrected chi connectivity index (χ3v) is 3.86. The predicted octanol–water partition coefficient (Wildman–Crippen LogP) is 2.19. The number of amides is 3. The third kappa shape index (κ3) is 3.74. The molecule has 0 saturated carbocycles. The van der Waals surface area contributed by atoms with Crippen molar-refractivity contribution in [3.63, 3.8) is 0 Å². The molecular weight excluding hydrogens is 266 g/mol. The number of hydrogen-bond donors (Lipinski definition) is 2. The van der Waals surface area contributed by atoms with Crippen LogP contribution in [0.2, 0.25) is 0 Å². The third-order valence-electron chi connectivity index (χ3n) is 3.86. The van der Waals surface area contributed by atoms with Crippen LogP contribution in [0.15, 0.2) is 18.2 Å². The first-order chi connectivity index (χ1) is 10.0. The summed E-state index contributed by atoms with van der Waals surface area (Å²) >= 11 is 0. The van der Waals surface area contributed by atoms with Gasteiger partial charge in [0.25, 0.3) is 0 Å². The Labute approximate surface area is 125 Å². The van der Waals surface area contributed by atoms with Crippen LogP contribution in [0.5, 0.6) is 0 Å². The van der Waals surface area contributed by atoms with Crippen molar-refractivity contribution in [3.8, 4) is 0 Å². The summed E-state index contributed by atoms with van der Waals surface area (Å²) in [7, 11) is 0. The van der Waals surface area contributed by atoms with Gasteiger partial charge in [-0.25, -0.2) is 4.79 Å². The molecule has 0 bridgehead atoms. The summed E-state index contributed by atoms with van der Waals surface area (Å²) in [6.45, 7) is 6.84. The molecule has 1 aromatic rings. The van der Waals surface area contributed by atoms with E-state index in [-0.39, 0.29) is 18.0 Å². The first-order valence-electron chi connectivity index (χ1n) is 7.45. The molecule has 0 aromatic heterocycles. The zero-order valence-corrected chi connectivity index (χ0v) is 12.9. The van der Waals surface area contributed by atoms with Crippen molar-refractivity contribution in [2.24, 2.45) is 0 Å². The highest BCUT2D eigenvalue weighted by Gasteiger charge is 2.22. The van der Waals surface area contributed by atoms with E-state index in [2.05, 4.69) is 16.7 Å². The quantitative estimate of drug-likeness (QED) is 0.892. The molecule has 5 heteroatoms. The van der Waals surface area contributed by atoms with Crippen LogP contribution < -0.4 is 15.5 Å². The van der Waals surface area contributed by atoms with Gasteiger partial charge >= 0.3 is 6.03 Å². The zero-order chi connectivity index (χ0) is 15.4. The molecule has 21 heavy (non-hydrogen) atoms. The van der Waals surface area contributed by atoms with Crippen LogP contribution >= 0.6 is 0 Å². The fraction of sp³-hybridized carbons (Fsp3) is 0.500. The minimum absolute atomic E-state index is 0.0764. The highest BCUT2D eigenvalue weighted by atomic mass is 16.2. The maximum absolute atomic E-state index is 11.7. The number of hydrogen-bond acceptors (Lipinski definition) is 2. The van der Waals surface area contributed by atoms with E-state index in [1.165, 1.54) is 5.56 Å². The van der Waals surface area contributed by atoms with Gasteiger partial charge in [0.2, 0.25) is 5.91 Å². The average Bonchev–Trinajstić information content (AvgIpc) is 2.88. The fourth-order valence-electron chi connectivity index (χ4n) is 2.45. The first kappa shape index (κ1) is 15.4. The molecule has 3 amide bonds. The highest BCUT2D eigenvalue weighted by Crippen LogP contribution is 2.28. The van der Waals surface area contributed by atoms with Crippen LogP contribution in [0.4, 0.5) is 10.5 Å². The Morgan fingerprint density at radius 3 is 2.81 bits per heavy atom. The summed E-state index contributed by atoms with van der Waals surface area (Å²) in [6.07, 6.45) is 1.79. The van der Waals surface area contributed by atoms with Gasteiger partial charge in [-0.1, -0.05) is 19.1 Å². The van der Waals surface area contributed by atoms with Crippen molar-refractivity contribution in [1.82, 2.24) is 10.6 Å². The summed E-state index contributed by atoms with van der Waals surface area (Å²) in [5, 5.41) is 5.73. The molecule has 114 valence electrons. The minimum atomic E-state index is -0.143. The Hall–Kier alpha value is -2.04. The van der Waals surface area contributed by atoms with Gasteiger partial charge in [0.15, 0.2) is 0 Å². The zero-order valence-electron chi connectivity index (χ0n) is 12.9. The van der Waals surface area contributed by atoms with Crippen LogP contribution in [0.3, 0.4) is 0 Å². The van der Waals surface area contributed by atoms with E-state index < -0.39 is 0 Å². The molecule has 0 unspecified atom stereocenters. The summed E-state index contributed by atoms with van der Waals surface area (Å²) in [5.74, 6) is 0.0764. The van der Waals surface area contributed by atoms with E-state index >= 15 is 0 Å². The van der Waals surface area contributed by atoms with Gasteiger partial charge in [0, 0.05) is 31.7 Å². The number of rotatable bonds is 4. The van der Waals surface area contributed by atoms with Crippen LogP contribution in [0.25, 0.3) is 0 Å². The van der Waals surface area contributed by atoms with Gasteiger partial charge < -0.3 is 15.5 Å². The molecule has 1 aliphatic heterocycles. The predicted molar refractivity (Wildman–Crippen MR) is 83.3 cm³/mol. The van der Waals surface area contributed by atoms with Crippen molar-refractivity contribution < 1.29 is 9.59 Å². The number of anilines is 1. The van der Waals surface area contributed by atoms with Crippen molar-refractivity contribution in [2.45, 2.75) is 46.2 Å². The van der Waals surface area contributed by atoms with Gasteiger partial charge in [0.05, 0.1) is 0 Å². The lowest BCUT2D eigenvalue weighted by molar-refractivity contribution is -0.116. The Morgan fingerprint density at radius 2 is 2.14 bits per heavy atom. The van der Waals surface area contributed by atoms with Crippen molar-refractivity contribution >= 4 is 17.6 Å². The number of nitrogens with one attached hydrogen (secondary N) is 2. The largest absolute Gasteiger partial charge is 0.336 e. The van der Waals surface area contributed by atoms with Gasteiger partial charge in [-0.2, -0.15) is 0 Å². The molecule has 1 heterocycles. The molecular formula is C16H23N3O2. The maximum atomic E-state index is 11.7. The van der Waals surface area contributed by atoms with E-state index in [1.807, 2.05) is 26.0 Å². The van der Waals surface area contributed by atoms with Crippen LogP contribution in [0, 0.1) is 0 Å². The fourth-order valence-corrected chi connectivity index (χ4v) is 2.45. The second kappa shape index (κ2) is 6.61. The van der Waals surface area contributed by atoms with E-state index in [1.54, 1.807) is 11.8 Å². The van der Waals surface area contributed by atoms with Gasteiger partial charge in [-0.15, -0.1) is 0 Å². The lowest BCUT2D eigenvalue weighted by Crippen LogP contribution is -2.40. The number of carbonyl (C=O) groups is 2. The number of fused-ring (bicyclic) bond motifs is 1. The molecule has 1 aliphatic rings. The Morgan fingerprint density at radius 1 is 1.38 bits per heavy atom. The van der Waals surface area contributed by atoms with E-state index in [0.717, 1.165) is 30.6 Å². The molecule has 0 saturated heterocycles. The molecule has 0 aliphatic carbocycles. The van der Waals surface area contributed by atoms with Crippen molar-refractivity contribution in [3.05, 3.63) is 29.3 Å². The molecule has 2 rings (SSSR count). The normalized spacial score (nSPS) is 14.5. The molecule has 1 atom stereocenters. The maximum Gasteiger partial charge on any atom is 0.315 e. The average molecular weight is 289 g/mol.